The molecule has 6 heteroatoms. The van der Waals surface area contributed by atoms with Gasteiger partial charge in [-0.3, -0.25) is 4.79 Å². The fourth-order valence-electron chi connectivity index (χ4n) is 1.47. The van der Waals surface area contributed by atoms with Gasteiger partial charge in [-0.05, 0) is 23.8 Å². The Kier molecular flexibility index (Phi) is 4.03. The number of carbonyl (C=O) groups excluding carboxylic acids is 1. The topological polar surface area (TPSA) is 103 Å². The van der Waals surface area contributed by atoms with Gasteiger partial charge in [-0.15, -0.1) is 0 Å². The van der Waals surface area contributed by atoms with Crippen molar-refractivity contribution in [1.82, 2.24) is 0 Å². The molecule has 0 radical (unpaired) electrons. The van der Waals surface area contributed by atoms with E-state index in [1.54, 1.807) is 13.8 Å². The van der Waals surface area contributed by atoms with Gasteiger partial charge in [-0.25, -0.2) is 13.6 Å². The Morgan fingerprint density at radius 2 is 1.94 bits per heavy atom. The average Bonchev–Trinajstić information content (AvgIpc) is 2.25. The van der Waals surface area contributed by atoms with Crippen molar-refractivity contribution in [1.29, 1.82) is 0 Å². The maximum Gasteiger partial charge on any atom is 0.238 e. The lowest BCUT2D eigenvalue weighted by Crippen LogP contribution is -2.16. The summed E-state index contributed by atoms with van der Waals surface area (Å²) in [5.41, 5.74) is 6.46. The van der Waals surface area contributed by atoms with Crippen LogP contribution >= 0.6 is 0 Å². The van der Waals surface area contributed by atoms with Crippen molar-refractivity contribution in [3.63, 3.8) is 0 Å². The van der Waals surface area contributed by atoms with E-state index in [1.807, 2.05) is 0 Å². The summed E-state index contributed by atoms with van der Waals surface area (Å²) >= 11 is 0. The summed E-state index contributed by atoms with van der Waals surface area (Å²) in [6.45, 7) is 3.64. The first-order chi connectivity index (χ1) is 7.77. The minimum atomic E-state index is -3.76. The van der Waals surface area contributed by atoms with E-state index in [9.17, 15) is 13.2 Å². The number of Topliss-reactive ketones (excluding diaryl/α,β-unsaturated/α-hetero) is 1. The molecule has 0 saturated carbocycles. The first-order valence-electron chi connectivity index (χ1n) is 5.17. The number of benzene rings is 1. The Bertz CT molecular complexity index is 536. The molecule has 94 valence electrons. The van der Waals surface area contributed by atoms with E-state index in [0.29, 0.717) is 11.1 Å². The molecule has 0 atom stereocenters. The number of sulfonamides is 1. The smallest absolute Gasteiger partial charge is 0.238 e. The molecule has 0 aliphatic rings. The SMILES string of the molecule is CC(C)C(=O)c1ccc(S(N)(=O)=O)cc1CN. The first kappa shape index (κ1) is 13.8. The summed E-state index contributed by atoms with van der Waals surface area (Å²) in [5, 5.41) is 5.01. The fourth-order valence-corrected chi connectivity index (χ4v) is 2.03. The maximum atomic E-state index is 11.8. The van der Waals surface area contributed by atoms with E-state index in [-0.39, 0.29) is 23.1 Å². The molecule has 0 spiro atoms. The van der Waals surface area contributed by atoms with E-state index in [1.165, 1.54) is 18.2 Å². The highest BCUT2D eigenvalue weighted by molar-refractivity contribution is 7.89. The molecular formula is C11H16N2O3S. The minimum Gasteiger partial charge on any atom is -0.326 e. The quantitative estimate of drug-likeness (QED) is 0.771. The van der Waals surface area contributed by atoms with Crippen LogP contribution in [0.15, 0.2) is 23.1 Å². The largest absolute Gasteiger partial charge is 0.326 e. The van der Waals surface area contributed by atoms with Gasteiger partial charge in [0.25, 0.3) is 0 Å². The van der Waals surface area contributed by atoms with Gasteiger partial charge < -0.3 is 5.73 Å². The van der Waals surface area contributed by atoms with E-state index in [2.05, 4.69) is 0 Å². The number of ketones is 1. The molecule has 1 aromatic rings. The van der Waals surface area contributed by atoms with Gasteiger partial charge >= 0.3 is 0 Å². The number of rotatable bonds is 4. The second-order valence-corrected chi connectivity index (χ2v) is 5.65. The van der Waals surface area contributed by atoms with Crippen LogP contribution in [0.25, 0.3) is 0 Å². The average molecular weight is 256 g/mol. The normalized spacial score (nSPS) is 11.8. The molecule has 1 rings (SSSR count). The molecule has 0 fully saturated rings. The van der Waals surface area contributed by atoms with Crippen LogP contribution < -0.4 is 10.9 Å². The zero-order valence-electron chi connectivity index (χ0n) is 9.80. The van der Waals surface area contributed by atoms with E-state index in [4.69, 9.17) is 10.9 Å². The van der Waals surface area contributed by atoms with Crippen molar-refractivity contribution >= 4 is 15.8 Å². The van der Waals surface area contributed by atoms with Gasteiger partial charge in [0.2, 0.25) is 10.0 Å². The van der Waals surface area contributed by atoms with Crippen molar-refractivity contribution < 1.29 is 13.2 Å². The van der Waals surface area contributed by atoms with E-state index in [0.717, 1.165) is 0 Å². The predicted octanol–water partition coefficient (Wildman–Crippen LogP) is 0.631. The molecule has 0 heterocycles. The third-order valence-corrected chi connectivity index (χ3v) is 3.33. The second kappa shape index (κ2) is 4.95. The van der Waals surface area contributed by atoms with Crippen LogP contribution in [0.4, 0.5) is 0 Å². The van der Waals surface area contributed by atoms with Gasteiger partial charge in [-0.1, -0.05) is 13.8 Å². The summed E-state index contributed by atoms with van der Waals surface area (Å²) in [5.74, 6) is -0.230. The van der Waals surface area contributed by atoms with Crippen molar-refractivity contribution in [3.8, 4) is 0 Å². The van der Waals surface area contributed by atoms with Crippen molar-refractivity contribution in [2.45, 2.75) is 25.3 Å². The minimum absolute atomic E-state index is 0.0294. The number of primary sulfonamides is 1. The van der Waals surface area contributed by atoms with Gasteiger partial charge in [0.15, 0.2) is 5.78 Å². The number of carbonyl (C=O) groups is 1. The Morgan fingerprint density at radius 1 is 1.35 bits per heavy atom. The van der Waals surface area contributed by atoms with Crippen molar-refractivity contribution in [3.05, 3.63) is 29.3 Å². The highest BCUT2D eigenvalue weighted by atomic mass is 32.2. The molecule has 1 aromatic carbocycles. The van der Waals surface area contributed by atoms with Gasteiger partial charge in [0, 0.05) is 18.0 Å². The molecule has 0 aliphatic heterocycles. The van der Waals surface area contributed by atoms with Crippen LogP contribution in [-0.4, -0.2) is 14.2 Å². The van der Waals surface area contributed by atoms with Crippen LogP contribution in [0.1, 0.15) is 29.8 Å². The molecule has 0 saturated heterocycles. The zero-order chi connectivity index (χ0) is 13.2. The monoisotopic (exact) mass is 256 g/mol. The third kappa shape index (κ3) is 3.12. The molecule has 17 heavy (non-hydrogen) atoms. The zero-order valence-corrected chi connectivity index (χ0v) is 10.6. The molecule has 0 unspecified atom stereocenters. The Labute approximate surface area is 101 Å². The summed E-state index contributed by atoms with van der Waals surface area (Å²) in [6, 6.07) is 4.14. The van der Waals surface area contributed by atoms with Gasteiger partial charge in [0.05, 0.1) is 4.90 Å². The number of hydrogen-bond acceptors (Lipinski definition) is 4. The Morgan fingerprint density at radius 3 is 2.35 bits per heavy atom. The molecule has 4 N–H and O–H groups in total. The highest BCUT2D eigenvalue weighted by Crippen LogP contribution is 2.18. The molecule has 0 aliphatic carbocycles. The molecule has 0 bridgehead atoms. The molecular weight excluding hydrogens is 240 g/mol. The molecule has 5 nitrogen and oxygen atoms in total. The lowest BCUT2D eigenvalue weighted by Gasteiger charge is -2.10. The van der Waals surface area contributed by atoms with Crippen LogP contribution in [0.5, 0.6) is 0 Å². The fraction of sp³-hybridized carbons (Fsp3) is 0.364. The number of hydrogen-bond donors (Lipinski definition) is 2. The Balaban J connectivity index is 3.34. The standard InChI is InChI=1S/C11H16N2O3S/c1-7(2)11(14)10-4-3-9(17(13,15)16)5-8(10)6-12/h3-5,7H,6,12H2,1-2H3,(H2,13,15,16). The summed E-state index contributed by atoms with van der Waals surface area (Å²) in [6.07, 6.45) is 0. The summed E-state index contributed by atoms with van der Waals surface area (Å²) in [4.78, 5) is 11.8. The molecule has 0 amide bonds. The number of nitrogens with two attached hydrogens (primary N) is 2. The maximum absolute atomic E-state index is 11.8. The van der Waals surface area contributed by atoms with Crippen LogP contribution in [0, 0.1) is 5.92 Å². The lowest BCUT2D eigenvalue weighted by molar-refractivity contribution is 0.0938. The van der Waals surface area contributed by atoms with Crippen LogP contribution in [-0.2, 0) is 16.6 Å². The first-order valence-corrected chi connectivity index (χ1v) is 6.72. The summed E-state index contributed by atoms with van der Waals surface area (Å²) < 4.78 is 22.3. The molecule has 0 aromatic heterocycles. The van der Waals surface area contributed by atoms with Crippen LogP contribution in [0.3, 0.4) is 0 Å². The summed E-state index contributed by atoms with van der Waals surface area (Å²) in [7, 11) is -3.76. The van der Waals surface area contributed by atoms with Gasteiger partial charge in [0.1, 0.15) is 0 Å². The predicted molar refractivity (Wildman–Crippen MR) is 64.9 cm³/mol. The van der Waals surface area contributed by atoms with E-state index < -0.39 is 10.0 Å². The lowest BCUT2D eigenvalue weighted by atomic mass is 9.96. The van der Waals surface area contributed by atoms with E-state index >= 15 is 0 Å². The van der Waals surface area contributed by atoms with Crippen molar-refractivity contribution in [2.75, 3.05) is 0 Å². The van der Waals surface area contributed by atoms with Crippen molar-refractivity contribution in [2.24, 2.45) is 16.8 Å². The second-order valence-electron chi connectivity index (χ2n) is 4.09. The third-order valence-electron chi connectivity index (χ3n) is 2.41. The van der Waals surface area contributed by atoms with Crippen LogP contribution in [0.2, 0.25) is 0 Å². The van der Waals surface area contributed by atoms with Gasteiger partial charge in [-0.2, -0.15) is 0 Å². The Hall–Kier alpha value is -1.24. The highest BCUT2D eigenvalue weighted by Gasteiger charge is 2.17.